The molecule has 3 heteroatoms. The minimum atomic E-state index is -0.296. The van der Waals surface area contributed by atoms with Crippen LogP contribution in [0.25, 0.3) is 10.9 Å². The van der Waals surface area contributed by atoms with Crippen molar-refractivity contribution in [2.24, 2.45) is 7.05 Å². The van der Waals surface area contributed by atoms with Crippen molar-refractivity contribution in [3.05, 3.63) is 35.5 Å². The van der Waals surface area contributed by atoms with Crippen LogP contribution in [0.1, 0.15) is 29.9 Å². The summed E-state index contributed by atoms with van der Waals surface area (Å²) in [7, 11) is 3.38. The topological polar surface area (TPSA) is 31.2 Å². The van der Waals surface area contributed by atoms with Crippen LogP contribution in [0, 0.1) is 6.92 Å². The SMILES string of the molecule is CC.COC(=O)c1ccc2cc(C)n(C)c2c1. The molecular weight excluding hydrogens is 214 g/mol. The van der Waals surface area contributed by atoms with Gasteiger partial charge in [0.25, 0.3) is 0 Å². The predicted octanol–water partition coefficient (Wildman–Crippen LogP) is 3.30. The maximum atomic E-state index is 11.3. The quantitative estimate of drug-likeness (QED) is 0.708. The lowest BCUT2D eigenvalue weighted by Crippen LogP contribution is -2.01. The van der Waals surface area contributed by atoms with Crippen LogP contribution in [-0.2, 0) is 11.8 Å². The molecule has 3 nitrogen and oxygen atoms in total. The van der Waals surface area contributed by atoms with E-state index in [4.69, 9.17) is 0 Å². The van der Waals surface area contributed by atoms with Crippen LogP contribution in [0.4, 0.5) is 0 Å². The number of esters is 1. The zero-order valence-electron chi connectivity index (χ0n) is 11.1. The zero-order valence-corrected chi connectivity index (χ0v) is 11.1. The van der Waals surface area contributed by atoms with Crippen LogP contribution in [0.2, 0.25) is 0 Å². The van der Waals surface area contributed by atoms with Gasteiger partial charge in [-0.3, -0.25) is 0 Å². The molecule has 2 aromatic rings. The van der Waals surface area contributed by atoms with E-state index in [2.05, 4.69) is 15.4 Å². The van der Waals surface area contributed by atoms with E-state index in [1.807, 2.05) is 40.0 Å². The first-order chi connectivity index (χ1) is 8.13. The van der Waals surface area contributed by atoms with Crippen molar-refractivity contribution in [3.8, 4) is 0 Å². The standard InChI is InChI=1S/C12H13NO2.C2H6/c1-8-6-9-4-5-10(12(14)15-3)7-11(9)13(8)2;1-2/h4-7H,1-3H3;1-2H3. The Labute approximate surface area is 102 Å². The molecule has 0 aliphatic heterocycles. The largest absolute Gasteiger partial charge is 0.465 e. The summed E-state index contributed by atoms with van der Waals surface area (Å²) in [6, 6.07) is 7.67. The second-order valence-electron chi connectivity index (χ2n) is 3.61. The minimum Gasteiger partial charge on any atom is -0.465 e. The summed E-state index contributed by atoms with van der Waals surface area (Å²) in [5, 5.41) is 1.14. The molecule has 2 rings (SSSR count). The van der Waals surface area contributed by atoms with Gasteiger partial charge in [-0.1, -0.05) is 19.9 Å². The lowest BCUT2D eigenvalue weighted by Gasteiger charge is -2.01. The molecule has 0 aliphatic carbocycles. The molecule has 92 valence electrons. The first kappa shape index (κ1) is 13.3. The van der Waals surface area contributed by atoms with Gasteiger partial charge in [0.2, 0.25) is 0 Å². The molecule has 0 radical (unpaired) electrons. The van der Waals surface area contributed by atoms with E-state index < -0.39 is 0 Å². The highest BCUT2D eigenvalue weighted by molar-refractivity contribution is 5.94. The third-order valence-electron chi connectivity index (χ3n) is 2.71. The average Bonchev–Trinajstić information content (AvgIpc) is 2.66. The van der Waals surface area contributed by atoms with Crippen molar-refractivity contribution in [2.75, 3.05) is 7.11 Å². The van der Waals surface area contributed by atoms with Gasteiger partial charge >= 0.3 is 5.97 Å². The molecule has 0 bridgehead atoms. The summed E-state index contributed by atoms with van der Waals surface area (Å²) in [6.45, 7) is 6.04. The number of carbonyl (C=O) groups excluding carboxylic acids is 1. The first-order valence-electron chi connectivity index (χ1n) is 5.78. The van der Waals surface area contributed by atoms with E-state index >= 15 is 0 Å². The third-order valence-corrected chi connectivity index (χ3v) is 2.71. The number of methoxy groups -OCH3 is 1. The van der Waals surface area contributed by atoms with E-state index in [0.717, 1.165) is 10.9 Å². The second-order valence-corrected chi connectivity index (χ2v) is 3.61. The fourth-order valence-corrected chi connectivity index (χ4v) is 1.71. The van der Waals surface area contributed by atoms with E-state index in [1.54, 1.807) is 6.07 Å². The highest BCUT2D eigenvalue weighted by Crippen LogP contribution is 2.19. The summed E-state index contributed by atoms with van der Waals surface area (Å²) in [4.78, 5) is 11.3. The van der Waals surface area contributed by atoms with Gasteiger partial charge in [0.15, 0.2) is 0 Å². The lowest BCUT2D eigenvalue weighted by atomic mass is 10.1. The van der Waals surface area contributed by atoms with E-state index in [9.17, 15) is 4.79 Å². The third kappa shape index (κ3) is 2.49. The van der Waals surface area contributed by atoms with Crippen LogP contribution in [0.15, 0.2) is 24.3 Å². The molecule has 0 fully saturated rings. The highest BCUT2D eigenvalue weighted by Gasteiger charge is 2.08. The Bertz CT molecular complexity index is 526. The summed E-state index contributed by atoms with van der Waals surface area (Å²) in [6.07, 6.45) is 0. The van der Waals surface area contributed by atoms with Crippen molar-refractivity contribution in [1.82, 2.24) is 4.57 Å². The molecule has 1 aromatic carbocycles. The Morgan fingerprint density at radius 2 is 1.88 bits per heavy atom. The van der Waals surface area contributed by atoms with Gasteiger partial charge < -0.3 is 9.30 Å². The number of hydrogen-bond donors (Lipinski definition) is 0. The van der Waals surface area contributed by atoms with Crippen molar-refractivity contribution < 1.29 is 9.53 Å². The van der Waals surface area contributed by atoms with Gasteiger partial charge in [0.05, 0.1) is 12.7 Å². The lowest BCUT2D eigenvalue weighted by molar-refractivity contribution is 0.0601. The molecule has 0 amide bonds. The molecular formula is C14H19NO2. The number of nitrogens with zero attached hydrogens (tertiary/aromatic N) is 1. The van der Waals surface area contributed by atoms with Crippen molar-refractivity contribution in [1.29, 1.82) is 0 Å². The van der Waals surface area contributed by atoms with Gasteiger partial charge in [-0.2, -0.15) is 0 Å². The maximum absolute atomic E-state index is 11.3. The predicted molar refractivity (Wildman–Crippen MR) is 70.3 cm³/mol. The van der Waals surface area contributed by atoms with Crippen molar-refractivity contribution in [2.45, 2.75) is 20.8 Å². The van der Waals surface area contributed by atoms with Gasteiger partial charge in [-0.05, 0) is 30.5 Å². The first-order valence-corrected chi connectivity index (χ1v) is 5.78. The summed E-state index contributed by atoms with van der Waals surface area (Å²) < 4.78 is 6.74. The molecule has 1 aromatic heterocycles. The number of carbonyl (C=O) groups is 1. The van der Waals surface area contributed by atoms with E-state index in [1.165, 1.54) is 12.8 Å². The molecule has 0 saturated carbocycles. The Balaban J connectivity index is 0.000000686. The fourth-order valence-electron chi connectivity index (χ4n) is 1.71. The zero-order chi connectivity index (χ0) is 13.0. The van der Waals surface area contributed by atoms with Crippen molar-refractivity contribution in [3.63, 3.8) is 0 Å². The molecule has 1 heterocycles. The smallest absolute Gasteiger partial charge is 0.337 e. The minimum absolute atomic E-state index is 0.296. The number of rotatable bonds is 1. The molecule has 0 atom stereocenters. The van der Waals surface area contributed by atoms with Crippen LogP contribution in [0.5, 0.6) is 0 Å². The number of benzene rings is 1. The van der Waals surface area contributed by atoms with Gasteiger partial charge in [-0.15, -0.1) is 0 Å². The monoisotopic (exact) mass is 233 g/mol. The maximum Gasteiger partial charge on any atom is 0.337 e. The Morgan fingerprint density at radius 3 is 2.47 bits per heavy atom. The van der Waals surface area contributed by atoms with E-state index in [-0.39, 0.29) is 5.97 Å². The summed E-state index contributed by atoms with van der Waals surface area (Å²) in [5.74, 6) is -0.296. The molecule has 0 N–H and O–H groups in total. The van der Waals surface area contributed by atoms with E-state index in [0.29, 0.717) is 5.56 Å². The highest BCUT2D eigenvalue weighted by atomic mass is 16.5. The van der Waals surface area contributed by atoms with Gasteiger partial charge in [0, 0.05) is 18.3 Å². The molecule has 0 saturated heterocycles. The molecule has 17 heavy (non-hydrogen) atoms. The fraction of sp³-hybridized carbons (Fsp3) is 0.357. The molecule has 0 unspecified atom stereocenters. The van der Waals surface area contributed by atoms with Crippen LogP contribution in [-0.4, -0.2) is 17.6 Å². The summed E-state index contributed by atoms with van der Waals surface area (Å²) in [5.41, 5.74) is 2.81. The van der Waals surface area contributed by atoms with Gasteiger partial charge in [0.1, 0.15) is 0 Å². The summed E-state index contributed by atoms with van der Waals surface area (Å²) >= 11 is 0. The molecule has 0 aliphatic rings. The number of aryl methyl sites for hydroxylation is 2. The Morgan fingerprint density at radius 1 is 1.24 bits per heavy atom. The number of hydrogen-bond acceptors (Lipinski definition) is 2. The normalized spacial score (nSPS) is 9.71. The second kappa shape index (κ2) is 5.53. The number of fused-ring (bicyclic) bond motifs is 1. The van der Waals surface area contributed by atoms with Crippen LogP contribution >= 0.6 is 0 Å². The Hall–Kier alpha value is -1.77. The molecule has 0 spiro atoms. The van der Waals surface area contributed by atoms with Crippen LogP contribution < -0.4 is 0 Å². The number of aromatic nitrogens is 1. The van der Waals surface area contributed by atoms with Crippen molar-refractivity contribution >= 4 is 16.9 Å². The van der Waals surface area contributed by atoms with Crippen LogP contribution in [0.3, 0.4) is 0 Å². The average molecular weight is 233 g/mol. The number of ether oxygens (including phenoxy) is 1. The Kier molecular flexibility index (Phi) is 4.32. The van der Waals surface area contributed by atoms with Gasteiger partial charge in [-0.25, -0.2) is 4.79 Å².